The molecule has 0 radical (unpaired) electrons. The molecule has 0 unspecified atom stereocenters. The van der Waals surface area contributed by atoms with Crippen molar-refractivity contribution in [2.24, 2.45) is 5.92 Å². The van der Waals surface area contributed by atoms with Crippen LogP contribution in [0.15, 0.2) is 42.5 Å². The van der Waals surface area contributed by atoms with E-state index in [9.17, 15) is 22.8 Å². The van der Waals surface area contributed by atoms with E-state index >= 15 is 0 Å². The van der Waals surface area contributed by atoms with E-state index in [4.69, 9.17) is 11.6 Å². The molecule has 8 nitrogen and oxygen atoms in total. The summed E-state index contributed by atoms with van der Waals surface area (Å²) in [6.45, 7) is 2.93. The molecule has 0 saturated carbocycles. The summed E-state index contributed by atoms with van der Waals surface area (Å²) in [5, 5.41) is 5.30. The van der Waals surface area contributed by atoms with Crippen LogP contribution < -0.4 is 14.9 Å². The van der Waals surface area contributed by atoms with E-state index in [1.165, 1.54) is 25.1 Å². The smallest absolute Gasteiger partial charge is 0.257 e. The van der Waals surface area contributed by atoms with Gasteiger partial charge in [-0.3, -0.25) is 14.4 Å². The van der Waals surface area contributed by atoms with Crippen LogP contribution in [0.2, 0.25) is 5.02 Å². The average Bonchev–Trinajstić information content (AvgIpc) is 2.83. The first-order valence-electron chi connectivity index (χ1n) is 8.64. The molecule has 0 spiro atoms. The van der Waals surface area contributed by atoms with Gasteiger partial charge in [0.05, 0.1) is 27.9 Å². The fraction of sp³-hybridized carbons (Fsp3) is 0.211. The molecule has 0 aromatic heterocycles. The van der Waals surface area contributed by atoms with Crippen molar-refractivity contribution in [1.29, 1.82) is 0 Å². The lowest BCUT2D eigenvalue weighted by atomic mass is 10.1. The molecule has 1 saturated heterocycles. The van der Waals surface area contributed by atoms with Crippen LogP contribution in [0, 0.1) is 5.92 Å². The van der Waals surface area contributed by atoms with Crippen molar-refractivity contribution in [2.45, 2.75) is 13.8 Å². The number of benzene rings is 2. The van der Waals surface area contributed by atoms with Crippen molar-refractivity contribution < 1.29 is 22.8 Å². The van der Waals surface area contributed by atoms with Crippen LogP contribution in [0.3, 0.4) is 0 Å². The summed E-state index contributed by atoms with van der Waals surface area (Å²) in [6.07, 6.45) is 0. The van der Waals surface area contributed by atoms with Crippen molar-refractivity contribution in [2.75, 3.05) is 20.7 Å². The van der Waals surface area contributed by atoms with Gasteiger partial charge in [0.15, 0.2) is 0 Å². The van der Waals surface area contributed by atoms with Crippen LogP contribution in [0.1, 0.15) is 24.2 Å². The summed E-state index contributed by atoms with van der Waals surface area (Å²) < 4.78 is 25.1. The first-order chi connectivity index (χ1) is 13.6. The van der Waals surface area contributed by atoms with Crippen LogP contribution in [-0.2, 0) is 19.6 Å². The average molecular weight is 436 g/mol. The van der Waals surface area contributed by atoms with Crippen molar-refractivity contribution >= 4 is 56.4 Å². The first kappa shape index (κ1) is 20.8. The SMILES string of the molecule is CC(=O)Nc1ccc(NC(=O)c2ccc(N3C(=O)[C@H](C)CS3(=O)=O)cc2Cl)cc1. The van der Waals surface area contributed by atoms with Gasteiger partial charge >= 0.3 is 0 Å². The monoisotopic (exact) mass is 435 g/mol. The third-order valence-electron chi connectivity index (χ3n) is 4.26. The van der Waals surface area contributed by atoms with Crippen LogP contribution in [0.25, 0.3) is 0 Å². The predicted molar refractivity (Wildman–Crippen MR) is 111 cm³/mol. The number of nitrogens with zero attached hydrogens (tertiary/aromatic N) is 1. The van der Waals surface area contributed by atoms with Gasteiger partial charge in [0, 0.05) is 18.3 Å². The zero-order valence-corrected chi connectivity index (χ0v) is 17.2. The number of rotatable bonds is 4. The molecule has 3 amide bonds. The summed E-state index contributed by atoms with van der Waals surface area (Å²) in [5.41, 5.74) is 1.29. The minimum Gasteiger partial charge on any atom is -0.326 e. The van der Waals surface area contributed by atoms with Crippen LogP contribution >= 0.6 is 11.6 Å². The quantitative estimate of drug-likeness (QED) is 0.766. The topological polar surface area (TPSA) is 113 Å². The van der Waals surface area contributed by atoms with Crippen molar-refractivity contribution in [1.82, 2.24) is 0 Å². The Bertz CT molecular complexity index is 1100. The lowest BCUT2D eigenvalue weighted by Crippen LogP contribution is -2.30. The minimum absolute atomic E-state index is 0.0115. The Kier molecular flexibility index (Phi) is 5.63. The van der Waals surface area contributed by atoms with Gasteiger partial charge in [0.2, 0.25) is 21.8 Å². The zero-order valence-electron chi connectivity index (χ0n) is 15.6. The Morgan fingerprint density at radius 2 is 1.66 bits per heavy atom. The standard InChI is InChI=1S/C19H18ClN3O5S/c1-11-10-29(27,28)23(19(11)26)15-7-8-16(17(20)9-15)18(25)22-14-5-3-13(4-6-14)21-12(2)24/h3-9,11H,10H2,1-2H3,(H,21,24)(H,22,25)/t11-/m1/s1. The van der Waals surface area contributed by atoms with Gasteiger partial charge in [0.25, 0.3) is 5.91 Å². The number of hydrogen-bond donors (Lipinski definition) is 2. The Morgan fingerprint density at radius 1 is 1.07 bits per heavy atom. The molecule has 2 aromatic rings. The molecule has 29 heavy (non-hydrogen) atoms. The molecule has 152 valence electrons. The van der Waals surface area contributed by atoms with Crippen LogP contribution in [-0.4, -0.2) is 31.9 Å². The second-order valence-corrected chi connectivity index (χ2v) is 8.93. The molecule has 3 rings (SSSR count). The maximum absolute atomic E-state index is 12.5. The van der Waals surface area contributed by atoms with E-state index in [-0.39, 0.29) is 27.9 Å². The summed E-state index contributed by atoms with van der Waals surface area (Å²) in [7, 11) is -3.76. The molecule has 2 N–H and O–H groups in total. The Labute approximate surface area is 172 Å². The molecule has 10 heteroatoms. The summed E-state index contributed by atoms with van der Waals surface area (Å²) in [5.74, 6) is -2.14. The number of amides is 3. The molecule has 2 aromatic carbocycles. The van der Waals surface area contributed by atoms with E-state index in [1.54, 1.807) is 31.2 Å². The molecule has 0 bridgehead atoms. The highest BCUT2D eigenvalue weighted by molar-refractivity contribution is 7.94. The molecule has 0 aliphatic carbocycles. The van der Waals surface area contributed by atoms with E-state index < -0.39 is 27.8 Å². The normalized spacial score (nSPS) is 17.8. The Morgan fingerprint density at radius 3 is 2.14 bits per heavy atom. The third-order valence-corrected chi connectivity index (χ3v) is 6.44. The van der Waals surface area contributed by atoms with Gasteiger partial charge in [0.1, 0.15) is 0 Å². The Hall–Kier alpha value is -2.91. The molecule has 1 atom stereocenters. The van der Waals surface area contributed by atoms with Gasteiger partial charge in [-0.25, -0.2) is 12.7 Å². The van der Waals surface area contributed by atoms with Gasteiger partial charge in [-0.15, -0.1) is 0 Å². The lowest BCUT2D eigenvalue weighted by molar-refractivity contribution is -0.119. The second-order valence-electron chi connectivity index (χ2n) is 6.66. The number of anilines is 3. The van der Waals surface area contributed by atoms with Crippen molar-refractivity contribution in [3.63, 3.8) is 0 Å². The van der Waals surface area contributed by atoms with Crippen molar-refractivity contribution in [3.05, 3.63) is 53.1 Å². The number of sulfonamides is 1. The molecule has 1 heterocycles. The molecule has 1 fully saturated rings. The maximum Gasteiger partial charge on any atom is 0.257 e. The van der Waals surface area contributed by atoms with Crippen molar-refractivity contribution in [3.8, 4) is 0 Å². The number of carbonyl (C=O) groups is 3. The highest BCUT2D eigenvalue weighted by Crippen LogP contribution is 2.31. The molecular formula is C19H18ClN3O5S. The zero-order chi connectivity index (χ0) is 21.3. The largest absolute Gasteiger partial charge is 0.326 e. The summed E-state index contributed by atoms with van der Waals surface area (Å²) >= 11 is 6.19. The fourth-order valence-corrected chi connectivity index (χ4v) is 5.01. The predicted octanol–water partition coefficient (Wildman–Crippen LogP) is 2.86. The van der Waals surface area contributed by atoms with Gasteiger partial charge < -0.3 is 10.6 Å². The minimum atomic E-state index is -3.76. The molecular weight excluding hydrogens is 418 g/mol. The summed E-state index contributed by atoms with van der Waals surface area (Å²) in [4.78, 5) is 35.7. The maximum atomic E-state index is 12.5. The fourth-order valence-electron chi connectivity index (χ4n) is 2.94. The van der Waals surface area contributed by atoms with E-state index in [0.717, 1.165) is 4.31 Å². The highest BCUT2D eigenvalue weighted by atomic mass is 35.5. The number of nitrogens with one attached hydrogen (secondary N) is 2. The number of carbonyl (C=O) groups excluding carboxylic acids is 3. The first-order valence-corrected chi connectivity index (χ1v) is 10.6. The van der Waals surface area contributed by atoms with Crippen LogP contribution in [0.4, 0.5) is 17.1 Å². The number of halogens is 1. The van der Waals surface area contributed by atoms with Crippen LogP contribution in [0.5, 0.6) is 0 Å². The Balaban J connectivity index is 1.79. The number of hydrogen-bond acceptors (Lipinski definition) is 5. The van der Waals surface area contributed by atoms with E-state index in [0.29, 0.717) is 11.4 Å². The van der Waals surface area contributed by atoms with Gasteiger partial charge in [-0.05, 0) is 42.5 Å². The molecule has 1 aliphatic rings. The second kappa shape index (κ2) is 7.84. The van der Waals surface area contributed by atoms with Gasteiger partial charge in [-0.1, -0.05) is 18.5 Å². The summed E-state index contributed by atoms with van der Waals surface area (Å²) in [6, 6.07) is 10.5. The lowest BCUT2D eigenvalue weighted by Gasteiger charge is -2.16. The van der Waals surface area contributed by atoms with Gasteiger partial charge in [-0.2, -0.15) is 0 Å². The highest BCUT2D eigenvalue weighted by Gasteiger charge is 2.42. The molecule has 1 aliphatic heterocycles. The van der Waals surface area contributed by atoms with E-state index in [1.807, 2.05) is 0 Å². The third kappa shape index (κ3) is 4.41. The van der Waals surface area contributed by atoms with E-state index in [2.05, 4.69) is 10.6 Å².